The highest BCUT2D eigenvalue weighted by Crippen LogP contribution is 2.30. The minimum absolute atomic E-state index is 0.0851. The minimum Gasteiger partial charge on any atom is -0.378 e. The number of carbonyl (C=O) groups excluding carboxylic acids is 1. The molecular weight excluding hydrogens is 437 g/mol. The molecule has 1 aliphatic rings. The lowest BCUT2D eigenvalue weighted by Gasteiger charge is -2.26. The Balaban J connectivity index is 1.62. The second kappa shape index (κ2) is 9.57. The molecule has 1 fully saturated rings. The van der Waals surface area contributed by atoms with Crippen molar-refractivity contribution in [2.24, 2.45) is 0 Å². The number of aromatic nitrogens is 3. The first-order valence-corrected chi connectivity index (χ1v) is 10.4. The van der Waals surface area contributed by atoms with Crippen molar-refractivity contribution >= 4 is 28.6 Å². The van der Waals surface area contributed by atoms with E-state index in [1.807, 2.05) is 0 Å². The van der Waals surface area contributed by atoms with E-state index in [2.05, 4.69) is 25.6 Å². The van der Waals surface area contributed by atoms with Crippen molar-refractivity contribution in [2.75, 3.05) is 36.9 Å². The summed E-state index contributed by atoms with van der Waals surface area (Å²) in [5.41, 5.74) is 0.248. The summed E-state index contributed by atoms with van der Waals surface area (Å²) in [5, 5.41) is 6.38. The van der Waals surface area contributed by atoms with Gasteiger partial charge in [-0.2, -0.15) is 0 Å². The summed E-state index contributed by atoms with van der Waals surface area (Å²) >= 11 is 0. The third-order valence-electron chi connectivity index (χ3n) is 5.33. The van der Waals surface area contributed by atoms with Crippen LogP contribution >= 0.6 is 0 Å². The SMILES string of the molecule is Cc1nc(N[C@H](C)c2cccc(C(F)F)c2F)c2cc(NC(=O)N3CCOCC3)cnc2n1. The van der Waals surface area contributed by atoms with Crippen molar-refractivity contribution in [3.63, 3.8) is 0 Å². The van der Waals surface area contributed by atoms with E-state index < -0.39 is 23.8 Å². The molecule has 174 valence electrons. The zero-order valence-electron chi connectivity index (χ0n) is 18.1. The standard InChI is InChI=1S/C22H23F3N6O2/c1-12(15-4-3-5-16(18(15)23)19(24)25)27-21-17-10-14(11-26-20(17)28-13(2)29-21)30-22(32)31-6-8-33-9-7-31/h3-5,10-12,19H,6-9H2,1-2H3,(H,30,32)(H,26,27,28,29)/t12-/m1/s1. The molecule has 8 nitrogen and oxygen atoms in total. The van der Waals surface area contributed by atoms with Crippen LogP contribution in [0.4, 0.5) is 29.5 Å². The number of alkyl halides is 2. The molecule has 3 heterocycles. The van der Waals surface area contributed by atoms with Gasteiger partial charge in [0, 0.05) is 18.7 Å². The molecule has 1 aromatic carbocycles. The third-order valence-corrected chi connectivity index (χ3v) is 5.33. The summed E-state index contributed by atoms with van der Waals surface area (Å²) < 4.78 is 46.1. The van der Waals surface area contributed by atoms with Crippen LogP contribution in [-0.2, 0) is 4.74 Å². The van der Waals surface area contributed by atoms with Gasteiger partial charge in [0.15, 0.2) is 5.65 Å². The first-order valence-electron chi connectivity index (χ1n) is 10.4. The van der Waals surface area contributed by atoms with E-state index in [0.717, 1.165) is 6.07 Å². The molecule has 2 N–H and O–H groups in total. The van der Waals surface area contributed by atoms with Gasteiger partial charge < -0.3 is 20.3 Å². The smallest absolute Gasteiger partial charge is 0.322 e. The van der Waals surface area contributed by atoms with Crippen LogP contribution in [0.3, 0.4) is 0 Å². The normalized spacial score (nSPS) is 15.0. The molecule has 2 amide bonds. The monoisotopic (exact) mass is 460 g/mol. The fraction of sp³-hybridized carbons (Fsp3) is 0.364. The Labute approximate surface area is 188 Å². The highest BCUT2D eigenvalue weighted by atomic mass is 19.3. The summed E-state index contributed by atoms with van der Waals surface area (Å²) in [6.45, 7) is 5.26. The Morgan fingerprint density at radius 1 is 1.18 bits per heavy atom. The number of anilines is 2. The summed E-state index contributed by atoms with van der Waals surface area (Å²) in [7, 11) is 0. The number of amides is 2. The molecule has 1 saturated heterocycles. The Morgan fingerprint density at radius 3 is 2.64 bits per heavy atom. The number of aryl methyl sites for hydroxylation is 1. The van der Waals surface area contributed by atoms with Gasteiger partial charge in [-0.3, -0.25) is 0 Å². The first kappa shape index (κ1) is 22.7. The molecule has 0 radical (unpaired) electrons. The van der Waals surface area contributed by atoms with Crippen molar-refractivity contribution in [1.82, 2.24) is 19.9 Å². The number of pyridine rings is 1. The molecule has 3 aromatic rings. The number of nitrogens with one attached hydrogen (secondary N) is 2. The Hall–Kier alpha value is -3.47. The van der Waals surface area contributed by atoms with Crippen molar-refractivity contribution in [3.05, 3.63) is 53.2 Å². The number of rotatable bonds is 5. The zero-order valence-corrected chi connectivity index (χ0v) is 18.1. The van der Waals surface area contributed by atoms with Crippen LogP contribution in [0.1, 0.15) is 36.3 Å². The molecule has 0 aliphatic carbocycles. The van der Waals surface area contributed by atoms with E-state index in [0.29, 0.717) is 54.7 Å². The highest BCUT2D eigenvalue weighted by molar-refractivity contribution is 5.94. The second-order valence-corrected chi connectivity index (χ2v) is 7.66. The quantitative estimate of drug-likeness (QED) is 0.585. The lowest BCUT2D eigenvalue weighted by atomic mass is 10.0. The number of halogens is 3. The second-order valence-electron chi connectivity index (χ2n) is 7.66. The maximum atomic E-state index is 14.6. The fourth-order valence-corrected chi connectivity index (χ4v) is 3.62. The van der Waals surface area contributed by atoms with Gasteiger partial charge in [-0.15, -0.1) is 0 Å². The van der Waals surface area contributed by atoms with Crippen LogP contribution in [0.5, 0.6) is 0 Å². The Morgan fingerprint density at radius 2 is 1.91 bits per heavy atom. The number of morpholine rings is 1. The molecule has 4 rings (SSSR count). The Bertz CT molecular complexity index is 1170. The first-order chi connectivity index (χ1) is 15.8. The maximum absolute atomic E-state index is 14.6. The van der Waals surface area contributed by atoms with Crippen LogP contribution in [0.15, 0.2) is 30.5 Å². The molecular formula is C22H23F3N6O2. The summed E-state index contributed by atoms with van der Waals surface area (Å²) in [5.74, 6) is -0.183. The molecule has 0 bridgehead atoms. The van der Waals surface area contributed by atoms with Crippen molar-refractivity contribution in [1.29, 1.82) is 0 Å². The molecule has 0 saturated carbocycles. The number of benzene rings is 1. The van der Waals surface area contributed by atoms with E-state index in [1.165, 1.54) is 18.3 Å². The van der Waals surface area contributed by atoms with Gasteiger partial charge in [0.2, 0.25) is 0 Å². The van der Waals surface area contributed by atoms with Crippen LogP contribution < -0.4 is 10.6 Å². The lowest BCUT2D eigenvalue weighted by molar-refractivity contribution is 0.0564. The van der Waals surface area contributed by atoms with E-state index in [-0.39, 0.29) is 11.6 Å². The molecule has 1 aliphatic heterocycles. The van der Waals surface area contributed by atoms with Crippen molar-refractivity contribution in [2.45, 2.75) is 26.3 Å². The topological polar surface area (TPSA) is 92.3 Å². The third kappa shape index (κ3) is 4.98. The number of nitrogens with zero attached hydrogens (tertiary/aromatic N) is 4. The lowest BCUT2D eigenvalue weighted by Crippen LogP contribution is -2.43. The number of carbonyl (C=O) groups is 1. The van der Waals surface area contributed by atoms with Crippen molar-refractivity contribution in [3.8, 4) is 0 Å². The van der Waals surface area contributed by atoms with Crippen molar-refractivity contribution < 1.29 is 22.7 Å². The number of hydrogen-bond donors (Lipinski definition) is 2. The van der Waals surface area contributed by atoms with E-state index >= 15 is 0 Å². The van der Waals surface area contributed by atoms with E-state index in [1.54, 1.807) is 24.8 Å². The van der Waals surface area contributed by atoms with Gasteiger partial charge in [-0.1, -0.05) is 18.2 Å². The van der Waals surface area contributed by atoms with Gasteiger partial charge in [-0.25, -0.2) is 32.9 Å². The van der Waals surface area contributed by atoms with Gasteiger partial charge in [-0.05, 0) is 19.9 Å². The predicted octanol–water partition coefficient (Wildman–Crippen LogP) is 4.45. The van der Waals surface area contributed by atoms with E-state index in [9.17, 15) is 18.0 Å². The molecule has 11 heteroatoms. The van der Waals surface area contributed by atoms with Gasteiger partial charge in [0.25, 0.3) is 6.43 Å². The number of hydrogen-bond acceptors (Lipinski definition) is 6. The van der Waals surface area contributed by atoms with Gasteiger partial charge in [0.1, 0.15) is 17.5 Å². The average Bonchev–Trinajstić information content (AvgIpc) is 2.79. The molecule has 2 aromatic heterocycles. The molecule has 0 unspecified atom stereocenters. The van der Waals surface area contributed by atoms with Crippen LogP contribution in [0.2, 0.25) is 0 Å². The van der Waals surface area contributed by atoms with Crippen LogP contribution in [0.25, 0.3) is 11.0 Å². The highest BCUT2D eigenvalue weighted by Gasteiger charge is 2.21. The Kier molecular flexibility index (Phi) is 6.59. The van der Waals surface area contributed by atoms with Crippen LogP contribution in [-0.4, -0.2) is 52.2 Å². The summed E-state index contributed by atoms with van der Waals surface area (Å²) in [4.78, 5) is 27.2. The average molecular weight is 460 g/mol. The summed E-state index contributed by atoms with van der Waals surface area (Å²) in [6, 6.07) is 4.62. The number of urea groups is 1. The molecule has 33 heavy (non-hydrogen) atoms. The number of fused-ring (bicyclic) bond motifs is 1. The fourth-order valence-electron chi connectivity index (χ4n) is 3.62. The molecule has 1 atom stereocenters. The van der Waals surface area contributed by atoms with E-state index in [4.69, 9.17) is 4.74 Å². The predicted molar refractivity (Wildman–Crippen MR) is 117 cm³/mol. The summed E-state index contributed by atoms with van der Waals surface area (Å²) in [6.07, 6.45) is -1.42. The number of ether oxygens (including phenoxy) is 1. The maximum Gasteiger partial charge on any atom is 0.322 e. The van der Waals surface area contributed by atoms with Gasteiger partial charge >= 0.3 is 6.03 Å². The zero-order chi connectivity index (χ0) is 23.5. The van der Waals surface area contributed by atoms with Gasteiger partial charge in [0.05, 0.1) is 42.1 Å². The molecule has 0 spiro atoms. The van der Waals surface area contributed by atoms with Crippen LogP contribution in [0, 0.1) is 12.7 Å². The largest absolute Gasteiger partial charge is 0.378 e. The minimum atomic E-state index is -2.92.